The number of thiophene rings is 1. The van der Waals surface area contributed by atoms with E-state index in [9.17, 15) is 4.79 Å². The second-order valence-corrected chi connectivity index (χ2v) is 5.40. The van der Waals surface area contributed by atoms with E-state index in [4.69, 9.17) is 5.73 Å². The summed E-state index contributed by atoms with van der Waals surface area (Å²) in [5, 5.41) is 4.84. The molecule has 1 aromatic rings. The predicted molar refractivity (Wildman–Crippen MR) is 69.3 cm³/mol. The van der Waals surface area contributed by atoms with Crippen molar-refractivity contribution in [2.24, 2.45) is 11.7 Å². The topological polar surface area (TPSA) is 55.1 Å². The van der Waals surface area contributed by atoms with Crippen molar-refractivity contribution >= 4 is 45.6 Å². The van der Waals surface area contributed by atoms with Crippen LogP contribution < -0.4 is 11.1 Å². The number of nitrogens with two attached hydrogens (primary N) is 1. The van der Waals surface area contributed by atoms with Gasteiger partial charge in [0, 0.05) is 19.0 Å². The van der Waals surface area contributed by atoms with Crippen molar-refractivity contribution < 1.29 is 4.79 Å². The maximum atomic E-state index is 11.4. The maximum Gasteiger partial charge on any atom is 0.224 e. The van der Waals surface area contributed by atoms with Gasteiger partial charge in [-0.15, -0.1) is 23.7 Å². The molecule has 1 amide bonds. The first-order valence-electron chi connectivity index (χ1n) is 4.34. The van der Waals surface area contributed by atoms with Crippen molar-refractivity contribution in [2.45, 2.75) is 13.5 Å². The molecular weight excluding hydrogens is 300 g/mol. The van der Waals surface area contributed by atoms with E-state index in [0.29, 0.717) is 13.1 Å². The summed E-state index contributed by atoms with van der Waals surface area (Å²) < 4.78 is 1.08. The Morgan fingerprint density at radius 3 is 2.87 bits per heavy atom. The minimum atomic E-state index is -0.114. The minimum Gasteiger partial charge on any atom is -0.352 e. The highest BCUT2D eigenvalue weighted by molar-refractivity contribution is 9.11. The Balaban J connectivity index is 0.00000196. The van der Waals surface area contributed by atoms with Crippen LogP contribution in [0.25, 0.3) is 0 Å². The zero-order valence-corrected chi connectivity index (χ0v) is 11.5. The third-order valence-electron chi connectivity index (χ3n) is 1.89. The van der Waals surface area contributed by atoms with Crippen molar-refractivity contribution in [1.82, 2.24) is 5.32 Å². The zero-order chi connectivity index (χ0) is 10.6. The molecule has 0 fully saturated rings. The number of carbonyl (C=O) groups is 1. The molecule has 1 heterocycles. The van der Waals surface area contributed by atoms with Crippen LogP contribution >= 0.6 is 39.7 Å². The zero-order valence-electron chi connectivity index (χ0n) is 8.33. The van der Waals surface area contributed by atoms with Crippen LogP contribution in [0.4, 0.5) is 0 Å². The van der Waals surface area contributed by atoms with Gasteiger partial charge in [0.2, 0.25) is 5.91 Å². The summed E-state index contributed by atoms with van der Waals surface area (Å²) in [6, 6.07) is 2.00. The van der Waals surface area contributed by atoms with Crippen molar-refractivity contribution in [2.75, 3.05) is 6.54 Å². The quantitative estimate of drug-likeness (QED) is 0.895. The molecule has 1 unspecified atom stereocenters. The number of nitrogens with one attached hydrogen (secondary N) is 1. The fraction of sp³-hybridized carbons (Fsp3) is 0.444. The smallest absolute Gasteiger partial charge is 0.224 e. The number of halogens is 2. The summed E-state index contributed by atoms with van der Waals surface area (Å²) in [6.07, 6.45) is 0. The standard InChI is InChI=1S/C9H13BrN2OS.ClH/c1-6(3-11)9(13)12-4-7-2-8(10)14-5-7;/h2,5-6H,3-4,11H2,1H3,(H,12,13);1H. The Morgan fingerprint density at radius 2 is 2.40 bits per heavy atom. The van der Waals surface area contributed by atoms with E-state index < -0.39 is 0 Å². The maximum absolute atomic E-state index is 11.4. The summed E-state index contributed by atoms with van der Waals surface area (Å²) in [7, 11) is 0. The van der Waals surface area contributed by atoms with Gasteiger partial charge in [-0.2, -0.15) is 0 Å². The number of carbonyl (C=O) groups excluding carboxylic acids is 1. The molecule has 0 saturated carbocycles. The molecule has 0 aliphatic rings. The molecule has 0 radical (unpaired) electrons. The van der Waals surface area contributed by atoms with Crippen LogP contribution in [0.3, 0.4) is 0 Å². The van der Waals surface area contributed by atoms with Crippen molar-refractivity contribution in [3.63, 3.8) is 0 Å². The highest BCUT2D eigenvalue weighted by Crippen LogP contribution is 2.20. The largest absolute Gasteiger partial charge is 0.352 e. The summed E-state index contributed by atoms with van der Waals surface area (Å²) in [4.78, 5) is 11.4. The lowest BCUT2D eigenvalue weighted by molar-refractivity contribution is -0.124. The molecule has 0 spiro atoms. The fourth-order valence-electron chi connectivity index (χ4n) is 0.909. The monoisotopic (exact) mass is 312 g/mol. The van der Waals surface area contributed by atoms with Crippen molar-refractivity contribution in [1.29, 1.82) is 0 Å². The van der Waals surface area contributed by atoms with Crippen LogP contribution in [0.5, 0.6) is 0 Å². The van der Waals surface area contributed by atoms with E-state index in [1.165, 1.54) is 0 Å². The molecule has 1 rings (SSSR count). The highest BCUT2D eigenvalue weighted by atomic mass is 79.9. The molecule has 1 aromatic heterocycles. The number of amides is 1. The van der Waals surface area contributed by atoms with Crippen LogP contribution in [0.2, 0.25) is 0 Å². The fourth-order valence-corrected chi connectivity index (χ4v) is 2.12. The van der Waals surface area contributed by atoms with Gasteiger partial charge in [0.15, 0.2) is 0 Å². The molecular formula is C9H14BrClN2OS. The molecule has 0 saturated heterocycles. The van der Waals surface area contributed by atoms with Crippen molar-refractivity contribution in [3.8, 4) is 0 Å². The molecule has 15 heavy (non-hydrogen) atoms. The third-order valence-corrected chi connectivity index (χ3v) is 3.44. The summed E-state index contributed by atoms with van der Waals surface area (Å²) in [5.41, 5.74) is 6.49. The second-order valence-electron chi connectivity index (χ2n) is 3.11. The highest BCUT2D eigenvalue weighted by Gasteiger charge is 2.09. The Morgan fingerprint density at radius 1 is 1.73 bits per heavy atom. The van der Waals surface area contributed by atoms with Gasteiger partial charge in [0.25, 0.3) is 0 Å². The van der Waals surface area contributed by atoms with E-state index >= 15 is 0 Å². The van der Waals surface area contributed by atoms with Crippen LogP contribution in [0.1, 0.15) is 12.5 Å². The lowest BCUT2D eigenvalue weighted by atomic mass is 10.1. The van der Waals surface area contributed by atoms with Crippen LogP contribution in [0.15, 0.2) is 15.2 Å². The first-order valence-corrected chi connectivity index (χ1v) is 6.01. The van der Waals surface area contributed by atoms with Crippen LogP contribution in [-0.2, 0) is 11.3 Å². The number of hydrogen-bond donors (Lipinski definition) is 2. The summed E-state index contributed by atoms with van der Waals surface area (Å²) in [5.74, 6) is -0.105. The van der Waals surface area contributed by atoms with E-state index in [-0.39, 0.29) is 24.2 Å². The lowest BCUT2D eigenvalue weighted by Crippen LogP contribution is -2.32. The van der Waals surface area contributed by atoms with Gasteiger partial charge in [-0.25, -0.2) is 0 Å². The first-order chi connectivity index (χ1) is 6.63. The van der Waals surface area contributed by atoms with Gasteiger partial charge < -0.3 is 11.1 Å². The molecule has 0 aliphatic heterocycles. The average Bonchev–Trinajstić information content (AvgIpc) is 2.59. The Bertz CT molecular complexity index is 319. The van der Waals surface area contributed by atoms with Gasteiger partial charge >= 0.3 is 0 Å². The van der Waals surface area contributed by atoms with E-state index in [1.807, 2.05) is 18.4 Å². The molecule has 3 N–H and O–H groups in total. The van der Waals surface area contributed by atoms with E-state index in [2.05, 4.69) is 21.2 Å². The normalized spacial score (nSPS) is 11.7. The van der Waals surface area contributed by atoms with Gasteiger partial charge in [0.1, 0.15) is 0 Å². The molecule has 0 bridgehead atoms. The van der Waals surface area contributed by atoms with Crippen LogP contribution in [0, 0.1) is 5.92 Å². The van der Waals surface area contributed by atoms with E-state index in [0.717, 1.165) is 9.35 Å². The number of rotatable bonds is 4. The second kappa shape index (κ2) is 7.22. The van der Waals surface area contributed by atoms with Crippen molar-refractivity contribution in [3.05, 3.63) is 20.8 Å². The molecule has 3 nitrogen and oxygen atoms in total. The van der Waals surface area contributed by atoms with E-state index in [1.54, 1.807) is 11.3 Å². The molecule has 1 atom stereocenters. The average molecular weight is 314 g/mol. The number of hydrogen-bond acceptors (Lipinski definition) is 3. The lowest BCUT2D eigenvalue weighted by Gasteiger charge is -2.08. The Labute approximate surface area is 108 Å². The van der Waals surface area contributed by atoms with Gasteiger partial charge in [-0.3, -0.25) is 4.79 Å². The summed E-state index contributed by atoms with van der Waals surface area (Å²) >= 11 is 4.98. The minimum absolute atomic E-state index is 0. The van der Waals surface area contributed by atoms with Gasteiger partial charge in [0.05, 0.1) is 3.79 Å². The first kappa shape index (κ1) is 14.9. The SMILES string of the molecule is CC(CN)C(=O)NCc1csc(Br)c1.Cl. The Kier molecular flexibility index (Phi) is 7.17. The molecule has 6 heteroatoms. The molecule has 86 valence electrons. The third kappa shape index (κ3) is 4.97. The molecule has 0 aromatic carbocycles. The Hall–Kier alpha value is -0.100. The van der Waals surface area contributed by atoms with Crippen LogP contribution in [-0.4, -0.2) is 12.5 Å². The van der Waals surface area contributed by atoms with Gasteiger partial charge in [-0.05, 0) is 32.9 Å². The predicted octanol–water partition coefficient (Wildman–Crippen LogP) is 2.14. The van der Waals surface area contributed by atoms with Gasteiger partial charge in [-0.1, -0.05) is 6.92 Å². The summed E-state index contributed by atoms with van der Waals surface area (Å²) in [6.45, 7) is 2.78. The molecule has 0 aliphatic carbocycles.